The summed E-state index contributed by atoms with van der Waals surface area (Å²) >= 11 is 0. The summed E-state index contributed by atoms with van der Waals surface area (Å²) in [5.41, 5.74) is 1.77. The van der Waals surface area contributed by atoms with E-state index < -0.39 is 5.60 Å². The highest BCUT2D eigenvalue weighted by atomic mass is 16.6. The quantitative estimate of drug-likeness (QED) is 0.625. The van der Waals surface area contributed by atoms with Crippen LogP contribution in [0.3, 0.4) is 0 Å². The average molecular weight is 330 g/mol. The van der Waals surface area contributed by atoms with Crippen LogP contribution in [-0.2, 0) is 10.3 Å². The van der Waals surface area contributed by atoms with Crippen LogP contribution in [0, 0.1) is 0 Å². The zero-order valence-electron chi connectivity index (χ0n) is 13.5. The number of esters is 1. The van der Waals surface area contributed by atoms with Gasteiger partial charge in [0, 0.05) is 11.1 Å². The molecule has 0 atom stereocenters. The number of para-hydroxylation sites is 2. The third-order valence-corrected chi connectivity index (χ3v) is 4.82. The molecule has 0 aromatic heterocycles. The first kappa shape index (κ1) is 14.1. The Bertz CT molecular complexity index is 976. The second-order valence-electron chi connectivity index (χ2n) is 6.05. The summed E-state index contributed by atoms with van der Waals surface area (Å²) in [5.74, 6) is 1.61. The minimum Gasteiger partial charge on any atom is -0.496 e. The Morgan fingerprint density at radius 1 is 0.840 bits per heavy atom. The van der Waals surface area contributed by atoms with Crippen molar-refractivity contribution in [3.63, 3.8) is 0 Å². The van der Waals surface area contributed by atoms with Crippen LogP contribution in [0.1, 0.15) is 27.0 Å². The van der Waals surface area contributed by atoms with E-state index in [1.165, 1.54) is 0 Å². The Kier molecular flexibility index (Phi) is 2.74. The van der Waals surface area contributed by atoms with Gasteiger partial charge in [-0.3, -0.25) is 0 Å². The van der Waals surface area contributed by atoms with Gasteiger partial charge in [-0.2, -0.15) is 0 Å². The molecule has 2 aliphatic rings. The molecule has 4 heteroatoms. The number of ether oxygens (including phenoxy) is 3. The van der Waals surface area contributed by atoms with E-state index in [2.05, 4.69) is 0 Å². The summed E-state index contributed by atoms with van der Waals surface area (Å²) in [4.78, 5) is 12.7. The van der Waals surface area contributed by atoms with Crippen LogP contribution in [0.25, 0.3) is 0 Å². The summed E-state index contributed by atoms with van der Waals surface area (Å²) in [6.07, 6.45) is 0. The largest absolute Gasteiger partial charge is 0.496 e. The molecule has 0 fully saturated rings. The third-order valence-electron chi connectivity index (χ3n) is 4.82. The molecule has 1 spiro atoms. The molecular weight excluding hydrogens is 316 g/mol. The number of carbonyl (C=O) groups excluding carboxylic acids is 1. The first-order valence-electron chi connectivity index (χ1n) is 8.03. The molecule has 0 saturated heterocycles. The lowest BCUT2D eigenvalue weighted by molar-refractivity contribution is 0.0220. The van der Waals surface area contributed by atoms with Gasteiger partial charge < -0.3 is 14.2 Å². The highest BCUT2D eigenvalue weighted by Crippen LogP contribution is 2.57. The molecule has 122 valence electrons. The van der Waals surface area contributed by atoms with E-state index in [-0.39, 0.29) is 5.97 Å². The number of fused-ring (bicyclic) bond motifs is 6. The summed E-state index contributed by atoms with van der Waals surface area (Å²) in [7, 11) is 1.60. The predicted octanol–water partition coefficient (Wildman–Crippen LogP) is 4.26. The SMILES string of the molecule is COc1cccc2c1C1(OC2=O)c2ccccc2Oc2ccccc21. The Balaban J connectivity index is 1.95. The van der Waals surface area contributed by atoms with Crippen molar-refractivity contribution in [1.82, 2.24) is 0 Å². The molecule has 2 aliphatic heterocycles. The molecule has 3 aromatic carbocycles. The van der Waals surface area contributed by atoms with Crippen LogP contribution >= 0.6 is 0 Å². The predicted molar refractivity (Wildman–Crippen MR) is 91.2 cm³/mol. The van der Waals surface area contributed by atoms with Crippen molar-refractivity contribution >= 4 is 5.97 Å². The number of methoxy groups -OCH3 is 1. The molecule has 0 amide bonds. The van der Waals surface area contributed by atoms with Crippen LogP contribution < -0.4 is 9.47 Å². The molecular formula is C21H14O4. The number of carbonyl (C=O) groups is 1. The van der Waals surface area contributed by atoms with Crippen LogP contribution in [0.4, 0.5) is 0 Å². The first-order chi connectivity index (χ1) is 12.3. The van der Waals surface area contributed by atoms with E-state index in [9.17, 15) is 4.79 Å². The van der Waals surface area contributed by atoms with Crippen molar-refractivity contribution in [1.29, 1.82) is 0 Å². The van der Waals surface area contributed by atoms with Gasteiger partial charge >= 0.3 is 5.97 Å². The van der Waals surface area contributed by atoms with Crippen LogP contribution in [0.5, 0.6) is 17.2 Å². The van der Waals surface area contributed by atoms with Gasteiger partial charge in [-0.1, -0.05) is 42.5 Å². The second kappa shape index (κ2) is 4.86. The molecule has 0 bridgehead atoms. The second-order valence-corrected chi connectivity index (χ2v) is 6.05. The standard InChI is InChI=1S/C21H14O4/c1-23-18-12-6-7-13-19(18)21(25-20(13)22)14-8-2-4-10-16(14)24-17-11-5-3-9-15(17)21/h2-12H,1H3. The van der Waals surface area contributed by atoms with Crippen molar-refractivity contribution in [3.8, 4) is 17.2 Å². The molecule has 5 rings (SSSR count). The highest BCUT2D eigenvalue weighted by Gasteiger charge is 2.55. The lowest BCUT2D eigenvalue weighted by Gasteiger charge is -2.36. The zero-order valence-corrected chi connectivity index (χ0v) is 13.5. The van der Waals surface area contributed by atoms with Crippen molar-refractivity contribution in [3.05, 3.63) is 89.0 Å². The molecule has 0 unspecified atom stereocenters. The van der Waals surface area contributed by atoms with Gasteiger partial charge in [0.2, 0.25) is 0 Å². The molecule has 0 aliphatic carbocycles. The van der Waals surface area contributed by atoms with Gasteiger partial charge in [0.05, 0.1) is 18.2 Å². The maximum atomic E-state index is 12.7. The maximum Gasteiger partial charge on any atom is 0.340 e. The van der Waals surface area contributed by atoms with E-state index in [1.54, 1.807) is 19.2 Å². The summed E-state index contributed by atoms with van der Waals surface area (Å²) in [6.45, 7) is 0. The molecule has 0 radical (unpaired) electrons. The fraction of sp³-hybridized carbons (Fsp3) is 0.0952. The summed E-state index contributed by atoms with van der Waals surface area (Å²) < 4.78 is 17.7. The Morgan fingerprint density at radius 2 is 1.48 bits per heavy atom. The Hall–Kier alpha value is -3.27. The van der Waals surface area contributed by atoms with Gasteiger partial charge in [0.15, 0.2) is 5.60 Å². The number of hydrogen-bond donors (Lipinski definition) is 0. The fourth-order valence-corrected chi connectivity index (χ4v) is 3.82. The number of rotatable bonds is 1. The van der Waals surface area contributed by atoms with E-state index >= 15 is 0 Å². The minimum absolute atomic E-state index is 0.361. The number of hydrogen-bond acceptors (Lipinski definition) is 4. The van der Waals surface area contributed by atoms with Gasteiger partial charge in [0.1, 0.15) is 17.2 Å². The van der Waals surface area contributed by atoms with E-state index in [0.29, 0.717) is 22.8 Å². The lowest BCUT2D eigenvalue weighted by atomic mass is 9.77. The maximum absolute atomic E-state index is 12.7. The Morgan fingerprint density at radius 3 is 2.12 bits per heavy atom. The zero-order chi connectivity index (χ0) is 17.0. The van der Waals surface area contributed by atoms with Gasteiger partial charge in [-0.25, -0.2) is 4.79 Å². The van der Waals surface area contributed by atoms with Gasteiger partial charge in [-0.05, 0) is 24.3 Å². The van der Waals surface area contributed by atoms with Crippen molar-refractivity contribution in [2.75, 3.05) is 7.11 Å². The fourth-order valence-electron chi connectivity index (χ4n) is 3.82. The smallest absolute Gasteiger partial charge is 0.340 e. The van der Waals surface area contributed by atoms with Crippen molar-refractivity contribution in [2.45, 2.75) is 5.60 Å². The van der Waals surface area contributed by atoms with Gasteiger partial charge in [-0.15, -0.1) is 0 Å². The van der Waals surface area contributed by atoms with Crippen molar-refractivity contribution in [2.24, 2.45) is 0 Å². The molecule has 0 N–H and O–H groups in total. The third kappa shape index (κ3) is 1.68. The van der Waals surface area contributed by atoms with Crippen LogP contribution in [0.15, 0.2) is 66.7 Å². The monoisotopic (exact) mass is 330 g/mol. The lowest BCUT2D eigenvalue weighted by Crippen LogP contribution is -2.33. The topological polar surface area (TPSA) is 44.8 Å². The summed E-state index contributed by atoms with van der Waals surface area (Å²) in [6, 6.07) is 20.7. The normalized spacial score (nSPS) is 15.6. The number of benzene rings is 3. The summed E-state index contributed by atoms with van der Waals surface area (Å²) in [5, 5.41) is 0. The molecule has 2 heterocycles. The van der Waals surface area contributed by atoms with E-state index in [0.717, 1.165) is 16.7 Å². The minimum atomic E-state index is -1.07. The van der Waals surface area contributed by atoms with Gasteiger partial charge in [0.25, 0.3) is 0 Å². The molecule has 3 aromatic rings. The highest BCUT2D eigenvalue weighted by molar-refractivity contribution is 5.98. The first-order valence-corrected chi connectivity index (χ1v) is 8.03. The molecule has 4 nitrogen and oxygen atoms in total. The van der Waals surface area contributed by atoms with Crippen molar-refractivity contribution < 1.29 is 19.0 Å². The molecule has 25 heavy (non-hydrogen) atoms. The van der Waals surface area contributed by atoms with E-state index in [4.69, 9.17) is 14.2 Å². The molecule has 0 saturated carbocycles. The Labute approximate surface area is 144 Å². The van der Waals surface area contributed by atoms with E-state index in [1.807, 2.05) is 54.6 Å². The average Bonchev–Trinajstić information content (AvgIpc) is 2.96. The van der Waals surface area contributed by atoms with Crippen LogP contribution in [-0.4, -0.2) is 13.1 Å². The van der Waals surface area contributed by atoms with Crippen LogP contribution in [0.2, 0.25) is 0 Å².